The fraction of sp³-hybridized carbons (Fsp3) is 0.939. The first-order chi connectivity index (χ1) is 26.9. The highest BCUT2D eigenvalue weighted by molar-refractivity contribution is 5.71. The molecule has 0 aromatic heterocycles. The van der Waals surface area contributed by atoms with Crippen LogP contribution in [-0.2, 0) is 28.6 Å². The van der Waals surface area contributed by atoms with Gasteiger partial charge in [-0.05, 0) is 25.2 Å². The number of carbonyl (C=O) groups is 3. The second-order valence-corrected chi connectivity index (χ2v) is 17.2. The highest BCUT2D eigenvalue weighted by Gasteiger charge is 2.19. The van der Waals surface area contributed by atoms with Crippen molar-refractivity contribution in [3.05, 3.63) is 0 Å². The van der Waals surface area contributed by atoms with Gasteiger partial charge in [0.25, 0.3) is 0 Å². The number of unbranched alkanes of at least 4 members (excludes halogenated alkanes) is 31. The Morgan fingerprint density at radius 2 is 0.600 bits per heavy atom. The van der Waals surface area contributed by atoms with E-state index < -0.39 is 6.10 Å². The maximum atomic E-state index is 12.7. The lowest BCUT2D eigenvalue weighted by molar-refractivity contribution is -0.167. The summed E-state index contributed by atoms with van der Waals surface area (Å²) >= 11 is 0. The Kier molecular flexibility index (Phi) is 42.3. The maximum absolute atomic E-state index is 12.7. The van der Waals surface area contributed by atoms with Crippen LogP contribution in [0.2, 0.25) is 0 Å². The van der Waals surface area contributed by atoms with Gasteiger partial charge in [0.2, 0.25) is 0 Å². The maximum Gasteiger partial charge on any atom is 0.306 e. The van der Waals surface area contributed by atoms with Crippen LogP contribution in [0.5, 0.6) is 0 Å². The molecule has 0 aromatic carbocycles. The Morgan fingerprint density at radius 3 is 0.891 bits per heavy atom. The lowest BCUT2D eigenvalue weighted by Crippen LogP contribution is -2.30. The lowest BCUT2D eigenvalue weighted by Gasteiger charge is -2.18. The van der Waals surface area contributed by atoms with E-state index in [-0.39, 0.29) is 31.1 Å². The van der Waals surface area contributed by atoms with Gasteiger partial charge in [-0.15, -0.1) is 0 Å². The first-order valence-electron chi connectivity index (χ1n) is 24.4. The van der Waals surface area contributed by atoms with Gasteiger partial charge in [-0.25, -0.2) is 0 Å². The second kappa shape index (κ2) is 43.5. The number of ether oxygens (including phenoxy) is 3. The summed E-state index contributed by atoms with van der Waals surface area (Å²) in [5.41, 5.74) is 0. The van der Waals surface area contributed by atoms with Gasteiger partial charge in [0.05, 0.1) is 0 Å². The minimum atomic E-state index is -0.759. The Labute approximate surface area is 342 Å². The average molecular weight is 779 g/mol. The lowest BCUT2D eigenvalue weighted by atomic mass is 10.0. The van der Waals surface area contributed by atoms with Gasteiger partial charge in [-0.3, -0.25) is 14.4 Å². The first-order valence-corrected chi connectivity index (χ1v) is 24.4. The van der Waals surface area contributed by atoms with E-state index in [2.05, 4.69) is 27.7 Å². The first kappa shape index (κ1) is 53.4. The zero-order valence-electron chi connectivity index (χ0n) is 37.4. The Hall–Kier alpha value is -1.59. The molecule has 6 nitrogen and oxygen atoms in total. The van der Waals surface area contributed by atoms with Crippen LogP contribution < -0.4 is 0 Å². The van der Waals surface area contributed by atoms with Crippen molar-refractivity contribution in [2.75, 3.05) is 13.2 Å². The van der Waals surface area contributed by atoms with Gasteiger partial charge in [0.1, 0.15) is 13.2 Å². The van der Waals surface area contributed by atoms with Crippen LogP contribution in [0.3, 0.4) is 0 Å². The smallest absolute Gasteiger partial charge is 0.306 e. The second-order valence-electron chi connectivity index (χ2n) is 17.2. The van der Waals surface area contributed by atoms with Crippen LogP contribution in [0.15, 0.2) is 0 Å². The molecular formula is C49H94O6. The van der Waals surface area contributed by atoms with Crippen molar-refractivity contribution in [2.45, 2.75) is 278 Å². The third kappa shape index (κ3) is 43.4. The highest BCUT2D eigenvalue weighted by Crippen LogP contribution is 2.16. The van der Waals surface area contributed by atoms with E-state index in [1.54, 1.807) is 0 Å². The monoisotopic (exact) mass is 779 g/mol. The molecule has 0 saturated heterocycles. The molecule has 0 unspecified atom stereocenters. The molecule has 55 heavy (non-hydrogen) atoms. The number of rotatable bonds is 44. The molecule has 0 aliphatic rings. The van der Waals surface area contributed by atoms with Crippen molar-refractivity contribution in [3.63, 3.8) is 0 Å². The quantitative estimate of drug-likeness (QED) is 0.0348. The van der Waals surface area contributed by atoms with E-state index in [4.69, 9.17) is 14.2 Å². The van der Waals surface area contributed by atoms with E-state index in [1.807, 2.05) is 0 Å². The van der Waals surface area contributed by atoms with Gasteiger partial charge < -0.3 is 14.2 Å². The van der Waals surface area contributed by atoms with Crippen LogP contribution in [0.25, 0.3) is 0 Å². The van der Waals surface area contributed by atoms with Crippen molar-refractivity contribution < 1.29 is 28.6 Å². The molecule has 0 heterocycles. The molecule has 0 radical (unpaired) electrons. The van der Waals surface area contributed by atoms with E-state index >= 15 is 0 Å². The standard InChI is InChI=1S/C49H94O6/c1-5-7-9-11-13-15-16-17-18-19-20-26-30-34-38-42-49(52)55-46(43-53-47(50)40-36-32-28-23-14-12-10-8-6-2)44-54-48(51)41-37-33-29-25-22-21-24-27-31-35-39-45(3)4/h45-46H,5-44H2,1-4H3/t46-/m1/s1. The molecule has 0 spiro atoms. The molecule has 0 aliphatic heterocycles. The minimum absolute atomic E-state index is 0.0636. The van der Waals surface area contributed by atoms with Gasteiger partial charge >= 0.3 is 17.9 Å². The summed E-state index contributed by atoms with van der Waals surface area (Å²) in [7, 11) is 0. The molecule has 1 atom stereocenters. The van der Waals surface area contributed by atoms with Crippen molar-refractivity contribution >= 4 is 17.9 Å². The summed E-state index contributed by atoms with van der Waals surface area (Å²) in [6.45, 7) is 8.98. The third-order valence-electron chi connectivity index (χ3n) is 11.0. The summed E-state index contributed by atoms with van der Waals surface area (Å²) in [4.78, 5) is 37.8. The minimum Gasteiger partial charge on any atom is -0.462 e. The molecular weight excluding hydrogens is 685 g/mol. The van der Waals surface area contributed by atoms with E-state index in [1.165, 1.54) is 167 Å². The third-order valence-corrected chi connectivity index (χ3v) is 11.0. The van der Waals surface area contributed by atoms with Gasteiger partial charge in [-0.2, -0.15) is 0 Å². The number of esters is 3. The summed E-state index contributed by atoms with van der Waals surface area (Å²) in [5.74, 6) is -0.0329. The molecule has 0 fully saturated rings. The fourth-order valence-electron chi connectivity index (χ4n) is 7.33. The fourth-order valence-corrected chi connectivity index (χ4v) is 7.33. The highest BCUT2D eigenvalue weighted by atomic mass is 16.6. The van der Waals surface area contributed by atoms with Gasteiger partial charge in [0, 0.05) is 19.3 Å². The summed E-state index contributed by atoms with van der Waals surface area (Å²) in [6, 6.07) is 0. The van der Waals surface area contributed by atoms with Crippen molar-refractivity contribution in [3.8, 4) is 0 Å². The van der Waals surface area contributed by atoms with Crippen LogP contribution in [0, 0.1) is 5.92 Å². The molecule has 0 aromatic rings. The molecule has 0 rings (SSSR count). The summed E-state index contributed by atoms with van der Waals surface area (Å²) in [6.07, 6.45) is 43.7. The van der Waals surface area contributed by atoms with Crippen LogP contribution in [0.4, 0.5) is 0 Å². The zero-order valence-corrected chi connectivity index (χ0v) is 37.4. The van der Waals surface area contributed by atoms with Gasteiger partial charge in [-0.1, -0.05) is 233 Å². The summed E-state index contributed by atoms with van der Waals surface area (Å²) in [5, 5.41) is 0. The van der Waals surface area contributed by atoms with E-state index in [0.29, 0.717) is 19.3 Å². The van der Waals surface area contributed by atoms with Crippen molar-refractivity contribution in [2.24, 2.45) is 5.92 Å². The molecule has 0 aliphatic carbocycles. The number of hydrogen-bond acceptors (Lipinski definition) is 6. The molecule has 6 heteroatoms. The molecule has 0 saturated carbocycles. The van der Waals surface area contributed by atoms with Crippen LogP contribution in [-0.4, -0.2) is 37.2 Å². The van der Waals surface area contributed by atoms with Crippen LogP contribution in [0.1, 0.15) is 272 Å². The zero-order chi connectivity index (χ0) is 40.3. The molecule has 0 amide bonds. The van der Waals surface area contributed by atoms with Crippen LogP contribution >= 0.6 is 0 Å². The average Bonchev–Trinajstić information content (AvgIpc) is 3.17. The van der Waals surface area contributed by atoms with E-state index in [0.717, 1.165) is 63.7 Å². The Balaban J connectivity index is 4.29. The predicted molar refractivity (Wildman–Crippen MR) is 233 cm³/mol. The Morgan fingerprint density at radius 1 is 0.345 bits per heavy atom. The van der Waals surface area contributed by atoms with E-state index in [9.17, 15) is 14.4 Å². The molecule has 326 valence electrons. The number of hydrogen-bond donors (Lipinski definition) is 0. The molecule has 0 bridgehead atoms. The predicted octanol–water partition coefficient (Wildman–Crippen LogP) is 15.5. The number of carbonyl (C=O) groups excluding carboxylic acids is 3. The van der Waals surface area contributed by atoms with Gasteiger partial charge in [0.15, 0.2) is 6.10 Å². The summed E-state index contributed by atoms with van der Waals surface area (Å²) < 4.78 is 16.7. The van der Waals surface area contributed by atoms with Crippen molar-refractivity contribution in [1.82, 2.24) is 0 Å². The topological polar surface area (TPSA) is 78.9 Å². The normalized spacial score (nSPS) is 11.9. The Bertz CT molecular complexity index is 826. The largest absolute Gasteiger partial charge is 0.462 e. The SMILES string of the molecule is CCCCCCCCCCCCCCCCCC(=O)O[C@H](COC(=O)CCCCCCCCCCC)COC(=O)CCCCCCCCCCCCC(C)C. The van der Waals surface area contributed by atoms with Crippen molar-refractivity contribution in [1.29, 1.82) is 0 Å². The molecule has 0 N–H and O–H groups in total.